The number of amides is 1. The lowest BCUT2D eigenvalue weighted by Crippen LogP contribution is -2.27. The van der Waals surface area contributed by atoms with Gasteiger partial charge < -0.3 is 5.11 Å². The first-order chi connectivity index (χ1) is 13.0. The number of carbonyl (C=O) groups is 2. The van der Waals surface area contributed by atoms with Crippen LogP contribution in [0.25, 0.3) is 17.0 Å². The van der Waals surface area contributed by atoms with Gasteiger partial charge in [0.05, 0.1) is 27.4 Å². The lowest BCUT2D eigenvalue weighted by atomic mass is 10.2. The van der Waals surface area contributed by atoms with E-state index in [0.29, 0.717) is 20.6 Å². The van der Waals surface area contributed by atoms with Crippen molar-refractivity contribution in [1.29, 1.82) is 0 Å². The first-order valence-corrected chi connectivity index (χ1v) is 9.22. The quantitative estimate of drug-likeness (QED) is 0.528. The molecule has 2 heterocycles. The molecule has 1 saturated heterocycles. The van der Waals surface area contributed by atoms with Crippen LogP contribution in [0.1, 0.15) is 16.1 Å². The number of benzene rings is 2. The summed E-state index contributed by atoms with van der Waals surface area (Å²) in [6.45, 7) is 0. The van der Waals surface area contributed by atoms with Crippen molar-refractivity contribution in [3.63, 3.8) is 0 Å². The van der Waals surface area contributed by atoms with Crippen LogP contribution in [0.4, 0.5) is 5.69 Å². The first-order valence-electron chi connectivity index (χ1n) is 8.00. The Morgan fingerprint density at radius 3 is 2.74 bits per heavy atom. The number of nitrogens with zero attached hydrogens (tertiary/aromatic N) is 2. The summed E-state index contributed by atoms with van der Waals surface area (Å²) >= 11 is 6.51. The van der Waals surface area contributed by atoms with Gasteiger partial charge in [-0.1, -0.05) is 54.3 Å². The molecule has 0 bridgehead atoms. The molecule has 1 fully saturated rings. The summed E-state index contributed by atoms with van der Waals surface area (Å²) in [5.41, 5.74) is 2.04. The number of carbonyl (C=O) groups excluding carboxylic acids is 1. The molecular weight excluding hydrogens is 380 g/mol. The highest BCUT2D eigenvalue weighted by Gasteiger charge is 2.33. The molecule has 0 aliphatic carbocycles. The van der Waals surface area contributed by atoms with Gasteiger partial charge in [-0.2, -0.15) is 0 Å². The number of hydrogen-bond donors (Lipinski definition) is 1. The zero-order valence-electron chi connectivity index (χ0n) is 13.8. The van der Waals surface area contributed by atoms with E-state index in [2.05, 4.69) is 4.98 Å². The second kappa shape index (κ2) is 6.94. The van der Waals surface area contributed by atoms with Crippen LogP contribution >= 0.6 is 24.0 Å². The molecule has 5 nitrogen and oxygen atoms in total. The summed E-state index contributed by atoms with van der Waals surface area (Å²) in [6, 6.07) is 17.7. The predicted octanol–water partition coefficient (Wildman–Crippen LogP) is 4.34. The van der Waals surface area contributed by atoms with Gasteiger partial charge in [0.1, 0.15) is 0 Å². The van der Waals surface area contributed by atoms with Gasteiger partial charge in [-0.3, -0.25) is 9.69 Å². The van der Waals surface area contributed by atoms with Gasteiger partial charge in [-0.25, -0.2) is 9.78 Å². The van der Waals surface area contributed by atoms with E-state index in [1.165, 1.54) is 28.8 Å². The summed E-state index contributed by atoms with van der Waals surface area (Å²) in [5, 5.41) is 10.2. The fraction of sp³-hybridized carbons (Fsp3) is 0. The monoisotopic (exact) mass is 392 g/mol. The Balaban J connectivity index is 1.68. The number of thiocarbonyl (C=S) groups is 1. The van der Waals surface area contributed by atoms with Gasteiger partial charge in [0.25, 0.3) is 5.91 Å². The normalized spacial score (nSPS) is 15.7. The Morgan fingerprint density at radius 2 is 1.93 bits per heavy atom. The Kier molecular flexibility index (Phi) is 4.47. The number of aromatic carboxylic acids is 1. The Bertz CT molecular complexity index is 1140. The average molecular weight is 392 g/mol. The molecule has 1 aliphatic heterocycles. The molecule has 4 rings (SSSR count). The molecule has 0 saturated carbocycles. The predicted molar refractivity (Wildman–Crippen MR) is 111 cm³/mol. The van der Waals surface area contributed by atoms with E-state index in [1.807, 2.05) is 36.4 Å². The van der Waals surface area contributed by atoms with Crippen molar-refractivity contribution in [3.05, 3.63) is 76.8 Å². The Morgan fingerprint density at radius 1 is 1.11 bits per heavy atom. The maximum absolute atomic E-state index is 12.8. The maximum atomic E-state index is 12.8. The minimum Gasteiger partial charge on any atom is -0.478 e. The van der Waals surface area contributed by atoms with E-state index in [9.17, 15) is 9.59 Å². The number of para-hydroxylation sites is 1. The SMILES string of the molecule is O=C(O)c1cccc(N2C(=O)/C(=C/c3ccc4ccccc4n3)SC2=S)c1. The van der Waals surface area contributed by atoms with Gasteiger partial charge in [-0.15, -0.1) is 0 Å². The first kappa shape index (κ1) is 17.4. The third kappa shape index (κ3) is 3.34. The maximum Gasteiger partial charge on any atom is 0.335 e. The third-order valence-corrected chi connectivity index (χ3v) is 5.35. The second-order valence-corrected chi connectivity index (χ2v) is 7.48. The van der Waals surface area contributed by atoms with Gasteiger partial charge in [0, 0.05) is 5.39 Å². The van der Waals surface area contributed by atoms with E-state index in [4.69, 9.17) is 17.3 Å². The number of hydrogen-bond acceptors (Lipinski definition) is 5. The van der Waals surface area contributed by atoms with Crippen LogP contribution in [0.3, 0.4) is 0 Å². The lowest BCUT2D eigenvalue weighted by molar-refractivity contribution is -0.113. The minimum absolute atomic E-state index is 0.0988. The van der Waals surface area contributed by atoms with Crippen molar-refractivity contribution in [3.8, 4) is 0 Å². The molecule has 1 aliphatic rings. The Labute approximate surface area is 164 Å². The van der Waals surface area contributed by atoms with Gasteiger partial charge in [0.15, 0.2) is 4.32 Å². The standard InChI is InChI=1S/C20H12N2O3S2/c23-18-17(11-14-9-8-12-4-1-2-7-16(12)21-14)27-20(26)22(18)15-6-3-5-13(10-15)19(24)25/h1-11H,(H,24,25)/b17-11-. The van der Waals surface area contributed by atoms with Crippen molar-refractivity contribution in [2.45, 2.75) is 0 Å². The fourth-order valence-corrected chi connectivity index (χ4v) is 4.05. The number of fused-ring (bicyclic) bond motifs is 1. The molecule has 2 aromatic carbocycles. The van der Waals surface area contributed by atoms with Gasteiger partial charge in [-0.05, 0) is 36.4 Å². The summed E-state index contributed by atoms with van der Waals surface area (Å²) in [6.07, 6.45) is 1.70. The fourth-order valence-electron chi connectivity index (χ4n) is 2.76. The van der Waals surface area contributed by atoms with Crippen molar-refractivity contribution < 1.29 is 14.7 Å². The molecule has 0 spiro atoms. The van der Waals surface area contributed by atoms with E-state index >= 15 is 0 Å². The van der Waals surface area contributed by atoms with E-state index in [1.54, 1.807) is 18.2 Å². The number of carboxylic acid groups (broad SMARTS) is 1. The van der Waals surface area contributed by atoms with Crippen LogP contribution in [-0.2, 0) is 4.79 Å². The smallest absolute Gasteiger partial charge is 0.335 e. The molecule has 3 aromatic rings. The third-order valence-electron chi connectivity index (χ3n) is 4.04. The van der Waals surface area contributed by atoms with Crippen LogP contribution in [0, 0.1) is 0 Å². The van der Waals surface area contributed by atoms with Gasteiger partial charge in [0.2, 0.25) is 0 Å². The molecule has 0 unspecified atom stereocenters. The van der Waals surface area contributed by atoms with Crippen molar-refractivity contribution in [2.24, 2.45) is 0 Å². The second-order valence-electron chi connectivity index (χ2n) is 5.80. The highest BCUT2D eigenvalue weighted by Crippen LogP contribution is 2.36. The molecule has 1 aromatic heterocycles. The van der Waals surface area contributed by atoms with Crippen LogP contribution < -0.4 is 4.90 Å². The van der Waals surface area contributed by atoms with Crippen LogP contribution in [0.5, 0.6) is 0 Å². The van der Waals surface area contributed by atoms with Crippen molar-refractivity contribution in [2.75, 3.05) is 4.90 Å². The number of aromatic nitrogens is 1. The average Bonchev–Trinajstić information content (AvgIpc) is 2.95. The molecule has 0 radical (unpaired) electrons. The Hall–Kier alpha value is -3.03. The number of thioether (sulfide) groups is 1. The summed E-state index contributed by atoms with van der Waals surface area (Å²) in [4.78, 5) is 30.4. The van der Waals surface area contributed by atoms with Crippen molar-refractivity contribution >= 4 is 62.8 Å². The lowest BCUT2D eigenvalue weighted by Gasteiger charge is -2.14. The van der Waals surface area contributed by atoms with E-state index in [-0.39, 0.29) is 11.5 Å². The molecule has 0 atom stereocenters. The zero-order valence-corrected chi connectivity index (χ0v) is 15.5. The number of anilines is 1. The number of rotatable bonds is 3. The summed E-state index contributed by atoms with van der Waals surface area (Å²) in [5.74, 6) is -1.35. The van der Waals surface area contributed by atoms with Crippen LogP contribution in [0.15, 0.2) is 65.6 Å². The number of pyridine rings is 1. The molecule has 132 valence electrons. The highest BCUT2D eigenvalue weighted by atomic mass is 32.2. The molecular formula is C20H12N2O3S2. The molecule has 27 heavy (non-hydrogen) atoms. The molecule has 7 heteroatoms. The van der Waals surface area contributed by atoms with Crippen LogP contribution in [-0.4, -0.2) is 26.3 Å². The number of carboxylic acids is 1. The summed E-state index contributed by atoms with van der Waals surface area (Å²) < 4.78 is 0.356. The van der Waals surface area contributed by atoms with Crippen molar-refractivity contribution in [1.82, 2.24) is 4.98 Å². The highest BCUT2D eigenvalue weighted by molar-refractivity contribution is 8.27. The zero-order chi connectivity index (χ0) is 19.0. The topological polar surface area (TPSA) is 70.5 Å². The minimum atomic E-state index is -1.06. The van der Waals surface area contributed by atoms with Gasteiger partial charge >= 0.3 is 5.97 Å². The molecule has 1 amide bonds. The van der Waals surface area contributed by atoms with Crippen LogP contribution in [0.2, 0.25) is 0 Å². The summed E-state index contributed by atoms with van der Waals surface area (Å²) in [7, 11) is 0. The molecule has 1 N–H and O–H groups in total. The largest absolute Gasteiger partial charge is 0.478 e. The van der Waals surface area contributed by atoms with E-state index < -0.39 is 5.97 Å². The van der Waals surface area contributed by atoms with E-state index in [0.717, 1.165) is 10.9 Å².